The van der Waals surface area contributed by atoms with Gasteiger partial charge in [-0.25, -0.2) is 41.2 Å². The summed E-state index contributed by atoms with van der Waals surface area (Å²) < 4.78 is 0. The van der Waals surface area contributed by atoms with Crippen molar-refractivity contribution in [2.75, 3.05) is 0 Å². The second-order valence-corrected chi connectivity index (χ2v) is 11.5. The quantitative estimate of drug-likeness (QED) is 0.198. The third-order valence-electron chi connectivity index (χ3n) is 8.50. The lowest BCUT2D eigenvalue weighted by Crippen LogP contribution is -2.36. The van der Waals surface area contributed by atoms with Crippen molar-refractivity contribution in [3.63, 3.8) is 0 Å². The summed E-state index contributed by atoms with van der Waals surface area (Å²) in [5, 5.41) is 43.1. The topological polar surface area (TPSA) is 237 Å². The first-order valence-electron chi connectivity index (χ1n) is 15.4. The Morgan fingerprint density at radius 1 is 0.630 bits per heavy atom. The Hall–Kier alpha value is -9.25. The van der Waals surface area contributed by atoms with E-state index in [1.165, 1.54) is 30.3 Å². The molecular formula is C36H14N18. The molecule has 18 nitrogen and oxygen atoms in total. The smallest absolute Gasteiger partial charge is 0.338 e. The molecule has 4 heterocycles. The van der Waals surface area contributed by atoms with Crippen molar-refractivity contribution >= 4 is 39.3 Å². The largest absolute Gasteiger partial charge is 0.365 e. The molecule has 5 unspecified atom stereocenters. The van der Waals surface area contributed by atoms with E-state index in [9.17, 15) is 21.0 Å². The number of imidazole rings is 2. The van der Waals surface area contributed by atoms with Crippen LogP contribution in [0.25, 0.3) is 46.3 Å². The number of H-pyrrole nitrogens is 2. The minimum atomic E-state index is -1.36. The van der Waals surface area contributed by atoms with Gasteiger partial charge < -0.3 is 15.3 Å². The summed E-state index contributed by atoms with van der Waals surface area (Å²) in [7, 11) is 0. The highest BCUT2D eigenvalue weighted by Crippen LogP contribution is 2.33. The fraction of sp³-hybridized carbons (Fsp3) is 0.139. The van der Waals surface area contributed by atoms with Crippen LogP contribution in [-0.4, -0.2) is 52.8 Å². The maximum Gasteiger partial charge on any atom is 0.338 e. The van der Waals surface area contributed by atoms with E-state index < -0.39 is 30.0 Å². The van der Waals surface area contributed by atoms with E-state index in [2.05, 4.69) is 81.6 Å². The summed E-state index contributed by atoms with van der Waals surface area (Å²) in [6, 6.07) is 11.3. The van der Waals surface area contributed by atoms with Gasteiger partial charge in [0.2, 0.25) is 17.2 Å². The summed E-state index contributed by atoms with van der Waals surface area (Å²) >= 11 is 0. The average Bonchev–Trinajstić information content (AvgIpc) is 3.92. The molecule has 2 aromatic carbocycles. The molecule has 0 saturated heterocycles. The minimum absolute atomic E-state index is 0.0462. The molecule has 0 amide bonds. The molecule has 1 aliphatic carbocycles. The Balaban J connectivity index is 1.38. The van der Waals surface area contributed by atoms with Crippen molar-refractivity contribution in [2.24, 2.45) is 4.99 Å². The third-order valence-corrected chi connectivity index (χ3v) is 8.50. The van der Waals surface area contributed by atoms with Crippen LogP contribution < -0.4 is 5.32 Å². The molecule has 0 saturated carbocycles. The zero-order chi connectivity index (χ0) is 38.1. The van der Waals surface area contributed by atoms with Crippen LogP contribution >= 0.6 is 0 Å². The zero-order valence-corrected chi connectivity index (χ0v) is 27.1. The molecule has 0 spiro atoms. The number of benzene rings is 2. The lowest BCUT2D eigenvalue weighted by Gasteiger charge is -2.18. The number of hydrogen-bond acceptors (Lipinski definition) is 11. The van der Waals surface area contributed by atoms with Crippen molar-refractivity contribution in [1.29, 1.82) is 21.0 Å². The fourth-order valence-corrected chi connectivity index (χ4v) is 5.96. The van der Waals surface area contributed by atoms with Crippen molar-refractivity contribution in [1.82, 2.24) is 40.2 Å². The van der Waals surface area contributed by atoms with Gasteiger partial charge in [-0.15, -0.1) is 0 Å². The SMILES string of the molecule is [C-]#[N+]C1=CC2N=C(C(C#N)c3nc(C(C#N)c4nc5cc(C#N)c([N+]#[C-])cc5[nH]4)nc(C([N+]#[C-])c4nc5cc(C#N)c([N+]#[C-])cc5[nH]4)n3)NC2C=C1[N+]#[C-]. The van der Waals surface area contributed by atoms with Gasteiger partial charge in [-0.3, -0.25) is 19.5 Å². The number of fused-ring (bicyclic) bond motifs is 3. The maximum absolute atomic E-state index is 10.5. The highest BCUT2D eigenvalue weighted by molar-refractivity contribution is 5.93. The van der Waals surface area contributed by atoms with Crippen LogP contribution in [0.3, 0.4) is 0 Å². The second kappa shape index (κ2) is 13.2. The lowest BCUT2D eigenvalue weighted by atomic mass is 10.0. The van der Waals surface area contributed by atoms with Gasteiger partial charge in [0.05, 0.1) is 95.8 Å². The number of rotatable bonds is 6. The number of hydrogen-bond donors (Lipinski definition) is 3. The van der Waals surface area contributed by atoms with Gasteiger partial charge in [-0.2, -0.15) is 21.0 Å². The van der Waals surface area contributed by atoms with E-state index >= 15 is 0 Å². The molecule has 1 aliphatic heterocycles. The number of amidine groups is 1. The van der Waals surface area contributed by atoms with E-state index in [-0.39, 0.29) is 68.9 Å². The first-order valence-corrected chi connectivity index (χ1v) is 15.4. The molecule has 3 aromatic heterocycles. The fourth-order valence-electron chi connectivity index (χ4n) is 5.96. The Bertz CT molecular complexity index is 2720. The molecule has 5 aromatic rings. The van der Waals surface area contributed by atoms with E-state index in [4.69, 9.17) is 32.9 Å². The van der Waals surface area contributed by atoms with Crippen LogP contribution in [0.2, 0.25) is 0 Å². The summed E-state index contributed by atoms with van der Waals surface area (Å²) in [6.07, 6.45) is 3.08. The molecule has 0 fully saturated rings. The summed E-state index contributed by atoms with van der Waals surface area (Å²) in [4.78, 5) is 50.5. The van der Waals surface area contributed by atoms with Gasteiger partial charge in [-0.05, 0) is 24.3 Å². The van der Waals surface area contributed by atoms with Crippen LogP contribution in [-0.2, 0) is 0 Å². The van der Waals surface area contributed by atoms with E-state index in [1.807, 2.05) is 12.1 Å². The molecule has 2 aliphatic rings. The van der Waals surface area contributed by atoms with E-state index in [0.29, 0.717) is 22.1 Å². The minimum Gasteiger partial charge on any atom is -0.365 e. The van der Waals surface area contributed by atoms with Gasteiger partial charge >= 0.3 is 6.04 Å². The molecule has 0 bridgehead atoms. The number of nitriles is 4. The van der Waals surface area contributed by atoms with Crippen molar-refractivity contribution in [3.05, 3.63) is 145 Å². The molecule has 0 radical (unpaired) electrons. The van der Waals surface area contributed by atoms with Crippen LogP contribution in [0.1, 0.15) is 58.1 Å². The van der Waals surface area contributed by atoms with Crippen LogP contribution in [0.4, 0.5) is 11.4 Å². The Labute approximate surface area is 304 Å². The van der Waals surface area contributed by atoms with Gasteiger partial charge in [0.25, 0.3) is 0 Å². The predicted octanol–water partition coefficient (Wildman–Crippen LogP) is 5.10. The van der Waals surface area contributed by atoms with Crippen molar-refractivity contribution < 1.29 is 0 Å². The molecule has 5 atom stereocenters. The highest BCUT2D eigenvalue weighted by atomic mass is 15.2. The predicted molar refractivity (Wildman–Crippen MR) is 186 cm³/mol. The lowest BCUT2D eigenvalue weighted by molar-refractivity contribution is 0.682. The summed E-state index contributed by atoms with van der Waals surface area (Å²) in [6.45, 7) is 37.9. The van der Waals surface area contributed by atoms with Crippen LogP contribution in [0, 0.1) is 78.2 Å². The van der Waals surface area contributed by atoms with Crippen molar-refractivity contribution in [3.8, 4) is 24.3 Å². The van der Waals surface area contributed by atoms with Gasteiger partial charge in [-0.1, -0.05) is 12.2 Å². The maximum atomic E-state index is 10.5. The molecule has 54 heavy (non-hydrogen) atoms. The summed E-state index contributed by atoms with van der Waals surface area (Å²) in [5.41, 5.74) is 1.92. The highest BCUT2D eigenvalue weighted by Gasteiger charge is 2.38. The second-order valence-electron chi connectivity index (χ2n) is 11.5. The first-order chi connectivity index (χ1) is 26.3. The van der Waals surface area contributed by atoms with Gasteiger partial charge in [0.15, 0.2) is 40.7 Å². The molecular weight excluding hydrogens is 685 g/mol. The average molecular weight is 699 g/mol. The Morgan fingerprint density at radius 2 is 1.17 bits per heavy atom. The summed E-state index contributed by atoms with van der Waals surface area (Å²) in [5.74, 6) is -3.01. The number of nitrogens with zero attached hydrogens (tertiary/aromatic N) is 15. The number of aromatic amines is 2. The standard InChI is InChI=1S/C36H14N18/c1-41-20-8-26-24(6-16(20)12-37)46-31(47-26)18(14-39)33-52-34(19(15-40)32-48-28-10-22(43-3)23(44-4)11-29(28)49-32)54-36(53-33)30(45-5)35-50-25-7-17(13-38)21(42-2)9-27(25)51-35/h6-11,18-19,28-30H,(H,46,47)(H,48,49)(H,50,51). The van der Waals surface area contributed by atoms with Crippen molar-refractivity contribution in [2.45, 2.75) is 30.0 Å². The van der Waals surface area contributed by atoms with Crippen LogP contribution in [0.15, 0.2) is 52.8 Å². The molecule has 248 valence electrons. The van der Waals surface area contributed by atoms with Gasteiger partial charge in [0.1, 0.15) is 11.7 Å². The molecule has 18 heteroatoms. The Morgan fingerprint density at radius 3 is 1.70 bits per heavy atom. The monoisotopic (exact) mass is 698 g/mol. The van der Waals surface area contributed by atoms with E-state index in [1.54, 1.807) is 6.08 Å². The molecule has 3 N–H and O–H groups in total. The number of aromatic nitrogens is 7. The normalized spacial score (nSPS) is 17.0. The van der Waals surface area contributed by atoms with Crippen LogP contribution in [0.5, 0.6) is 0 Å². The molecule has 7 rings (SSSR count). The zero-order valence-electron chi connectivity index (χ0n) is 27.1. The third kappa shape index (κ3) is 5.47. The first kappa shape index (κ1) is 33.3. The number of nitrogens with one attached hydrogen (secondary N) is 3. The van der Waals surface area contributed by atoms with Gasteiger partial charge in [0, 0.05) is 0 Å². The van der Waals surface area contributed by atoms with E-state index in [0.717, 1.165) is 0 Å². The number of aliphatic imine (C=N–C) groups is 1. The Kier molecular flexibility index (Phi) is 8.15.